The van der Waals surface area contributed by atoms with Crippen LogP contribution in [-0.4, -0.2) is 27.5 Å². The summed E-state index contributed by atoms with van der Waals surface area (Å²) in [6.07, 6.45) is 0.881. The number of rotatable bonds is 5. The standard InChI is InChI=1S/C19H23N3O3S/c1-14(2)15-4-10-18(11-5-15)26(24,25)21-16-6-8-17(9-7-16)22-13-3-12-20-19(22)23/h4-11,14,21H,3,12-13H2,1-2H3,(H,20,23). The fraction of sp³-hybridized carbons (Fsp3) is 0.316. The smallest absolute Gasteiger partial charge is 0.321 e. The van der Waals surface area contributed by atoms with E-state index < -0.39 is 10.0 Å². The molecule has 0 unspecified atom stereocenters. The van der Waals surface area contributed by atoms with Crippen LogP contribution in [0.1, 0.15) is 31.7 Å². The van der Waals surface area contributed by atoms with Crippen molar-refractivity contribution in [2.24, 2.45) is 0 Å². The van der Waals surface area contributed by atoms with E-state index in [-0.39, 0.29) is 10.9 Å². The van der Waals surface area contributed by atoms with Crippen molar-refractivity contribution < 1.29 is 13.2 Å². The Balaban J connectivity index is 1.74. The fourth-order valence-electron chi connectivity index (χ4n) is 2.83. The maximum atomic E-state index is 12.5. The molecule has 2 amide bonds. The quantitative estimate of drug-likeness (QED) is 0.841. The molecule has 6 nitrogen and oxygen atoms in total. The number of sulfonamides is 1. The monoisotopic (exact) mass is 373 g/mol. The molecule has 7 heteroatoms. The molecule has 2 aromatic carbocycles. The van der Waals surface area contributed by atoms with Gasteiger partial charge in [-0.1, -0.05) is 26.0 Å². The first kappa shape index (κ1) is 18.3. The van der Waals surface area contributed by atoms with Gasteiger partial charge in [0.15, 0.2) is 0 Å². The van der Waals surface area contributed by atoms with Gasteiger partial charge >= 0.3 is 6.03 Å². The molecular weight excluding hydrogens is 350 g/mol. The summed E-state index contributed by atoms with van der Waals surface area (Å²) in [7, 11) is -3.65. The number of carbonyl (C=O) groups excluding carboxylic acids is 1. The number of hydrogen-bond donors (Lipinski definition) is 2. The van der Waals surface area contributed by atoms with E-state index in [0.29, 0.717) is 24.7 Å². The van der Waals surface area contributed by atoms with Crippen molar-refractivity contribution in [1.29, 1.82) is 0 Å². The summed E-state index contributed by atoms with van der Waals surface area (Å²) in [5, 5.41) is 2.79. The Morgan fingerprint density at radius 1 is 1.04 bits per heavy atom. The number of anilines is 2. The summed E-state index contributed by atoms with van der Waals surface area (Å²) in [6.45, 7) is 5.46. The van der Waals surface area contributed by atoms with Crippen molar-refractivity contribution in [3.8, 4) is 0 Å². The second-order valence-electron chi connectivity index (χ2n) is 6.61. The van der Waals surface area contributed by atoms with E-state index in [4.69, 9.17) is 0 Å². The van der Waals surface area contributed by atoms with Gasteiger partial charge in [-0.05, 0) is 54.3 Å². The van der Waals surface area contributed by atoms with Crippen molar-refractivity contribution in [2.75, 3.05) is 22.7 Å². The van der Waals surface area contributed by atoms with Crippen LogP contribution in [0.25, 0.3) is 0 Å². The Morgan fingerprint density at radius 3 is 2.27 bits per heavy atom. The lowest BCUT2D eigenvalue weighted by Crippen LogP contribution is -2.46. The van der Waals surface area contributed by atoms with Gasteiger partial charge in [0.05, 0.1) is 4.90 Å². The Bertz CT molecular complexity index is 875. The fourth-order valence-corrected chi connectivity index (χ4v) is 3.89. The van der Waals surface area contributed by atoms with Crippen molar-refractivity contribution >= 4 is 27.4 Å². The zero-order valence-electron chi connectivity index (χ0n) is 14.9. The SMILES string of the molecule is CC(C)c1ccc(S(=O)(=O)Nc2ccc(N3CCCNC3=O)cc2)cc1. The first-order valence-electron chi connectivity index (χ1n) is 8.65. The zero-order valence-corrected chi connectivity index (χ0v) is 15.7. The third-order valence-electron chi connectivity index (χ3n) is 4.37. The lowest BCUT2D eigenvalue weighted by Gasteiger charge is -2.27. The summed E-state index contributed by atoms with van der Waals surface area (Å²) in [4.78, 5) is 13.7. The molecule has 0 aliphatic carbocycles. The first-order chi connectivity index (χ1) is 12.4. The Kier molecular flexibility index (Phi) is 5.18. The van der Waals surface area contributed by atoms with Gasteiger partial charge in [-0.2, -0.15) is 0 Å². The number of amides is 2. The Morgan fingerprint density at radius 2 is 1.69 bits per heavy atom. The van der Waals surface area contributed by atoms with Crippen LogP contribution in [-0.2, 0) is 10.0 Å². The van der Waals surface area contributed by atoms with Gasteiger partial charge in [0.25, 0.3) is 10.0 Å². The Hall–Kier alpha value is -2.54. The predicted molar refractivity (Wildman–Crippen MR) is 103 cm³/mol. The molecule has 0 atom stereocenters. The molecule has 1 fully saturated rings. The number of urea groups is 1. The van der Waals surface area contributed by atoms with E-state index in [1.165, 1.54) is 0 Å². The van der Waals surface area contributed by atoms with Crippen LogP contribution in [0, 0.1) is 0 Å². The van der Waals surface area contributed by atoms with Crippen LogP contribution in [0.3, 0.4) is 0 Å². The van der Waals surface area contributed by atoms with E-state index >= 15 is 0 Å². The number of benzene rings is 2. The molecule has 2 aromatic rings. The van der Waals surface area contributed by atoms with Gasteiger partial charge in [0.2, 0.25) is 0 Å². The molecule has 0 spiro atoms. The van der Waals surface area contributed by atoms with Crippen LogP contribution in [0.5, 0.6) is 0 Å². The van der Waals surface area contributed by atoms with Crippen LogP contribution in [0.4, 0.5) is 16.2 Å². The molecule has 0 radical (unpaired) electrons. The molecule has 26 heavy (non-hydrogen) atoms. The average Bonchev–Trinajstić information content (AvgIpc) is 2.63. The number of hydrogen-bond acceptors (Lipinski definition) is 3. The maximum absolute atomic E-state index is 12.5. The molecule has 0 aromatic heterocycles. The van der Waals surface area contributed by atoms with Crippen LogP contribution < -0.4 is 14.9 Å². The second-order valence-corrected chi connectivity index (χ2v) is 8.30. The molecule has 1 heterocycles. The highest BCUT2D eigenvalue weighted by atomic mass is 32.2. The summed E-state index contributed by atoms with van der Waals surface area (Å²) in [6, 6.07) is 13.6. The van der Waals surface area contributed by atoms with E-state index in [0.717, 1.165) is 17.7 Å². The minimum atomic E-state index is -3.65. The van der Waals surface area contributed by atoms with Gasteiger partial charge in [0, 0.05) is 24.5 Å². The third-order valence-corrected chi connectivity index (χ3v) is 5.77. The van der Waals surface area contributed by atoms with Crippen molar-refractivity contribution in [2.45, 2.75) is 31.1 Å². The van der Waals surface area contributed by atoms with Gasteiger partial charge in [-0.15, -0.1) is 0 Å². The van der Waals surface area contributed by atoms with Gasteiger partial charge < -0.3 is 5.32 Å². The third kappa shape index (κ3) is 3.99. The number of nitrogens with zero attached hydrogens (tertiary/aromatic N) is 1. The van der Waals surface area contributed by atoms with E-state index in [2.05, 4.69) is 23.9 Å². The average molecular weight is 373 g/mol. The van der Waals surface area contributed by atoms with Crippen LogP contribution >= 0.6 is 0 Å². The van der Waals surface area contributed by atoms with Gasteiger partial charge in [-0.3, -0.25) is 9.62 Å². The lowest BCUT2D eigenvalue weighted by atomic mass is 10.0. The topological polar surface area (TPSA) is 78.5 Å². The van der Waals surface area contributed by atoms with Crippen molar-refractivity contribution in [3.05, 3.63) is 54.1 Å². The van der Waals surface area contributed by atoms with Crippen molar-refractivity contribution in [3.63, 3.8) is 0 Å². The summed E-state index contributed by atoms with van der Waals surface area (Å²) in [5.74, 6) is 0.347. The highest BCUT2D eigenvalue weighted by Gasteiger charge is 2.19. The molecule has 1 saturated heterocycles. The molecule has 0 bridgehead atoms. The van der Waals surface area contributed by atoms with E-state index in [1.54, 1.807) is 41.3 Å². The lowest BCUT2D eigenvalue weighted by molar-refractivity contribution is 0.243. The maximum Gasteiger partial charge on any atom is 0.321 e. The van der Waals surface area contributed by atoms with E-state index in [9.17, 15) is 13.2 Å². The van der Waals surface area contributed by atoms with Crippen molar-refractivity contribution in [1.82, 2.24) is 5.32 Å². The number of carbonyl (C=O) groups is 1. The summed E-state index contributed by atoms with van der Waals surface area (Å²) in [5.41, 5.74) is 2.29. The molecule has 0 saturated carbocycles. The molecule has 1 aliphatic heterocycles. The molecule has 2 N–H and O–H groups in total. The molecule has 138 valence electrons. The highest BCUT2D eigenvalue weighted by Crippen LogP contribution is 2.23. The normalized spacial score (nSPS) is 15.0. The number of nitrogens with one attached hydrogen (secondary N) is 2. The second kappa shape index (κ2) is 7.37. The Labute approximate surface area is 154 Å². The summed E-state index contributed by atoms with van der Waals surface area (Å²) < 4.78 is 27.6. The first-order valence-corrected chi connectivity index (χ1v) is 10.1. The minimum Gasteiger partial charge on any atom is -0.338 e. The van der Waals surface area contributed by atoms with Crippen LogP contribution in [0.2, 0.25) is 0 Å². The molecule has 1 aliphatic rings. The molecule has 3 rings (SSSR count). The van der Waals surface area contributed by atoms with Gasteiger partial charge in [-0.25, -0.2) is 13.2 Å². The van der Waals surface area contributed by atoms with E-state index in [1.807, 2.05) is 12.1 Å². The summed E-state index contributed by atoms with van der Waals surface area (Å²) >= 11 is 0. The zero-order chi connectivity index (χ0) is 18.7. The highest BCUT2D eigenvalue weighted by molar-refractivity contribution is 7.92. The van der Waals surface area contributed by atoms with Gasteiger partial charge in [0.1, 0.15) is 0 Å². The predicted octanol–water partition coefficient (Wildman–Crippen LogP) is 3.53. The van der Waals surface area contributed by atoms with Crippen LogP contribution in [0.15, 0.2) is 53.4 Å². The molecular formula is C19H23N3O3S. The minimum absolute atomic E-state index is 0.130. The largest absolute Gasteiger partial charge is 0.338 e.